The third-order valence-corrected chi connectivity index (χ3v) is 5.58. The van der Waals surface area contributed by atoms with Gasteiger partial charge in [-0.25, -0.2) is 9.59 Å². The molecule has 0 bridgehead atoms. The highest BCUT2D eigenvalue weighted by Gasteiger charge is 2.50. The lowest BCUT2D eigenvalue weighted by Gasteiger charge is -2.43. The predicted molar refractivity (Wildman–Crippen MR) is 124 cm³/mol. The first-order chi connectivity index (χ1) is 17.1. The maximum atomic E-state index is 12.9. The highest BCUT2D eigenvalue weighted by atomic mass is 16.7. The number of esters is 2. The monoisotopic (exact) mass is 478 g/mol. The van der Waals surface area contributed by atoms with Crippen LogP contribution in [0.15, 0.2) is 91.0 Å². The van der Waals surface area contributed by atoms with Gasteiger partial charge in [-0.3, -0.25) is 0 Å². The summed E-state index contributed by atoms with van der Waals surface area (Å²) >= 11 is 0. The fourth-order valence-corrected chi connectivity index (χ4v) is 3.79. The van der Waals surface area contributed by atoms with Gasteiger partial charge in [-0.1, -0.05) is 66.7 Å². The molecule has 0 spiro atoms. The van der Waals surface area contributed by atoms with Crippen molar-refractivity contribution >= 4 is 11.9 Å². The molecule has 1 saturated heterocycles. The molecule has 1 aliphatic heterocycles. The van der Waals surface area contributed by atoms with Crippen molar-refractivity contribution in [3.05, 3.63) is 108 Å². The first-order valence-electron chi connectivity index (χ1n) is 11.2. The topological polar surface area (TPSA) is 112 Å². The number of aliphatic hydroxyl groups is 2. The summed E-state index contributed by atoms with van der Waals surface area (Å²) in [5.74, 6) is -1.40. The van der Waals surface area contributed by atoms with Crippen LogP contribution in [-0.2, 0) is 25.6 Å². The van der Waals surface area contributed by atoms with Crippen molar-refractivity contribution in [2.75, 3.05) is 6.61 Å². The average Bonchev–Trinajstić information content (AvgIpc) is 2.91. The van der Waals surface area contributed by atoms with Crippen LogP contribution >= 0.6 is 0 Å². The largest absolute Gasteiger partial charge is 0.452 e. The standard InChI is InChI=1S/C27H26O8/c28-16-21-22(34-25(29)19-12-6-2-7-13-19)23(35-26(30)20-14-8-3-9-15-20)24(27(31)33-21)32-17-18-10-4-1-5-11-18/h1-15,21-24,27-28,31H,16-17H2/t21-,22+,23-,24-,27-/m0/s1. The molecule has 1 heterocycles. The van der Waals surface area contributed by atoms with Gasteiger partial charge >= 0.3 is 11.9 Å². The maximum Gasteiger partial charge on any atom is 0.338 e. The van der Waals surface area contributed by atoms with Crippen molar-refractivity contribution in [1.82, 2.24) is 0 Å². The van der Waals surface area contributed by atoms with Crippen molar-refractivity contribution in [3.63, 3.8) is 0 Å². The Balaban J connectivity index is 1.62. The number of carbonyl (C=O) groups excluding carboxylic acids is 2. The minimum absolute atomic E-state index is 0.0778. The Morgan fingerprint density at radius 3 is 1.71 bits per heavy atom. The summed E-state index contributed by atoms with van der Waals surface area (Å²) in [5, 5.41) is 20.6. The molecule has 0 aromatic heterocycles. The summed E-state index contributed by atoms with van der Waals surface area (Å²) in [6.45, 7) is -0.511. The van der Waals surface area contributed by atoms with Crippen LogP contribution in [0.4, 0.5) is 0 Å². The smallest absolute Gasteiger partial charge is 0.338 e. The van der Waals surface area contributed by atoms with Crippen molar-refractivity contribution in [3.8, 4) is 0 Å². The summed E-state index contributed by atoms with van der Waals surface area (Å²) in [6, 6.07) is 25.7. The molecule has 1 aliphatic rings. The summed E-state index contributed by atoms with van der Waals surface area (Å²) in [6.07, 6.45) is -6.40. The second-order valence-corrected chi connectivity index (χ2v) is 7.98. The highest BCUT2D eigenvalue weighted by molar-refractivity contribution is 5.90. The Morgan fingerprint density at radius 2 is 1.20 bits per heavy atom. The Hall–Kier alpha value is -3.56. The first kappa shape index (κ1) is 24.6. The van der Waals surface area contributed by atoms with Gasteiger partial charge in [0.05, 0.1) is 24.3 Å². The molecule has 1 fully saturated rings. The molecule has 2 N–H and O–H groups in total. The molecule has 35 heavy (non-hydrogen) atoms. The van der Waals surface area contributed by atoms with Crippen LogP contribution in [0.3, 0.4) is 0 Å². The lowest BCUT2D eigenvalue weighted by Crippen LogP contribution is -2.62. The number of aliphatic hydroxyl groups excluding tert-OH is 2. The Kier molecular flexibility index (Phi) is 8.23. The maximum absolute atomic E-state index is 12.9. The second-order valence-electron chi connectivity index (χ2n) is 7.98. The van der Waals surface area contributed by atoms with E-state index in [1.807, 2.05) is 30.3 Å². The van der Waals surface area contributed by atoms with Crippen LogP contribution < -0.4 is 0 Å². The van der Waals surface area contributed by atoms with E-state index in [0.717, 1.165) is 5.56 Å². The SMILES string of the molecule is O=C(O[C@H]1[C@H](OC(=O)c2ccccc2)[C@H](CO)O[C@H](O)[C@H]1OCc1ccccc1)c1ccccc1. The molecule has 0 saturated carbocycles. The minimum atomic E-state index is -1.55. The molecule has 4 rings (SSSR count). The lowest BCUT2D eigenvalue weighted by atomic mass is 9.98. The number of ether oxygens (including phenoxy) is 4. The van der Waals surface area contributed by atoms with Crippen LogP contribution in [0.25, 0.3) is 0 Å². The molecular weight excluding hydrogens is 452 g/mol. The van der Waals surface area contributed by atoms with E-state index in [1.54, 1.807) is 60.7 Å². The Bertz CT molecular complexity index is 1090. The first-order valence-corrected chi connectivity index (χ1v) is 11.2. The summed E-state index contributed by atoms with van der Waals surface area (Å²) in [7, 11) is 0. The molecular formula is C27H26O8. The third-order valence-electron chi connectivity index (χ3n) is 5.58. The van der Waals surface area contributed by atoms with Gasteiger partial charge in [0.1, 0.15) is 12.2 Å². The Labute approximate surface area is 202 Å². The predicted octanol–water partition coefficient (Wildman–Crippen LogP) is 2.73. The molecule has 8 heteroatoms. The lowest BCUT2D eigenvalue weighted by molar-refractivity contribution is -0.296. The molecule has 3 aromatic rings. The molecule has 0 amide bonds. The van der Waals surface area contributed by atoms with Crippen LogP contribution in [0.2, 0.25) is 0 Å². The van der Waals surface area contributed by atoms with E-state index in [1.165, 1.54) is 0 Å². The quantitative estimate of drug-likeness (QED) is 0.476. The number of carbonyl (C=O) groups is 2. The molecule has 3 aromatic carbocycles. The van der Waals surface area contributed by atoms with E-state index >= 15 is 0 Å². The Morgan fingerprint density at radius 1 is 0.714 bits per heavy atom. The summed E-state index contributed by atoms with van der Waals surface area (Å²) in [4.78, 5) is 25.8. The molecule has 5 atom stereocenters. The third kappa shape index (κ3) is 6.12. The highest BCUT2D eigenvalue weighted by Crippen LogP contribution is 2.29. The van der Waals surface area contributed by atoms with E-state index in [4.69, 9.17) is 18.9 Å². The molecule has 0 aliphatic carbocycles. The van der Waals surface area contributed by atoms with E-state index in [0.29, 0.717) is 0 Å². The zero-order chi connectivity index (χ0) is 24.6. The van der Waals surface area contributed by atoms with Crippen LogP contribution in [0.5, 0.6) is 0 Å². The molecule has 182 valence electrons. The number of hydrogen-bond donors (Lipinski definition) is 2. The normalized spacial score (nSPS) is 23.9. The van der Waals surface area contributed by atoms with E-state index in [-0.39, 0.29) is 17.7 Å². The van der Waals surface area contributed by atoms with Gasteiger partial charge < -0.3 is 29.2 Å². The zero-order valence-corrected chi connectivity index (χ0v) is 18.8. The average molecular weight is 478 g/mol. The van der Waals surface area contributed by atoms with Crippen molar-refractivity contribution in [2.45, 2.75) is 37.3 Å². The number of rotatable bonds is 8. The van der Waals surface area contributed by atoms with E-state index in [9.17, 15) is 19.8 Å². The number of hydrogen-bond acceptors (Lipinski definition) is 8. The summed E-state index contributed by atoms with van der Waals surface area (Å²) < 4.78 is 22.8. The second kappa shape index (κ2) is 11.7. The van der Waals surface area contributed by atoms with Crippen LogP contribution in [-0.4, -0.2) is 59.5 Å². The van der Waals surface area contributed by atoms with Gasteiger partial charge in [-0.15, -0.1) is 0 Å². The van der Waals surface area contributed by atoms with Crippen molar-refractivity contribution < 1.29 is 38.7 Å². The van der Waals surface area contributed by atoms with E-state index < -0.39 is 49.3 Å². The van der Waals surface area contributed by atoms with Gasteiger partial charge in [-0.2, -0.15) is 0 Å². The summed E-state index contributed by atoms with van der Waals surface area (Å²) in [5.41, 5.74) is 1.35. The van der Waals surface area contributed by atoms with Gasteiger partial charge in [0, 0.05) is 0 Å². The van der Waals surface area contributed by atoms with Gasteiger partial charge in [-0.05, 0) is 29.8 Å². The molecule has 0 unspecified atom stereocenters. The van der Waals surface area contributed by atoms with Gasteiger partial charge in [0.25, 0.3) is 0 Å². The fourth-order valence-electron chi connectivity index (χ4n) is 3.79. The van der Waals surface area contributed by atoms with Crippen molar-refractivity contribution in [2.24, 2.45) is 0 Å². The van der Waals surface area contributed by atoms with Crippen LogP contribution in [0.1, 0.15) is 26.3 Å². The van der Waals surface area contributed by atoms with Crippen molar-refractivity contribution in [1.29, 1.82) is 0 Å². The molecule has 0 radical (unpaired) electrons. The molecule has 8 nitrogen and oxygen atoms in total. The van der Waals surface area contributed by atoms with Crippen LogP contribution in [0, 0.1) is 0 Å². The fraction of sp³-hybridized carbons (Fsp3) is 0.259. The minimum Gasteiger partial charge on any atom is -0.452 e. The van der Waals surface area contributed by atoms with Gasteiger partial charge in [0.15, 0.2) is 18.5 Å². The van der Waals surface area contributed by atoms with Gasteiger partial charge in [0.2, 0.25) is 0 Å². The number of benzene rings is 3. The van der Waals surface area contributed by atoms with E-state index in [2.05, 4.69) is 0 Å². The zero-order valence-electron chi connectivity index (χ0n) is 18.8.